The lowest BCUT2D eigenvalue weighted by Gasteiger charge is -2.40. The third-order valence-corrected chi connectivity index (χ3v) is 4.51. The Bertz CT molecular complexity index is 820. The molecule has 1 aromatic heterocycles. The molecule has 6 nitrogen and oxygen atoms in total. The highest BCUT2D eigenvalue weighted by Crippen LogP contribution is 2.39. The maximum absolute atomic E-state index is 12.0. The van der Waals surface area contributed by atoms with Gasteiger partial charge in [0.05, 0.1) is 12.1 Å². The lowest BCUT2D eigenvalue weighted by molar-refractivity contribution is 0.0520. The molecule has 0 atom stereocenters. The minimum Gasteiger partial charge on any atom is -0.461 e. The van der Waals surface area contributed by atoms with Crippen molar-refractivity contribution >= 4 is 17.2 Å². The van der Waals surface area contributed by atoms with Gasteiger partial charge in [-0.2, -0.15) is 10.3 Å². The van der Waals surface area contributed by atoms with Crippen LogP contribution in [0.3, 0.4) is 0 Å². The van der Waals surface area contributed by atoms with Crippen molar-refractivity contribution in [2.24, 2.45) is 0 Å². The zero-order chi connectivity index (χ0) is 17.5. The van der Waals surface area contributed by atoms with E-state index in [9.17, 15) is 4.79 Å². The van der Waals surface area contributed by atoms with Gasteiger partial charge in [-0.25, -0.2) is 4.79 Å². The zero-order valence-corrected chi connectivity index (χ0v) is 14.7. The van der Waals surface area contributed by atoms with Crippen molar-refractivity contribution in [3.8, 4) is 11.3 Å². The fourth-order valence-corrected chi connectivity index (χ4v) is 3.08. The average molecular weight is 326 g/mol. The fraction of sp³-hybridized carbons (Fsp3) is 0.389. The summed E-state index contributed by atoms with van der Waals surface area (Å²) < 4.78 is 5.05. The molecule has 6 heteroatoms. The van der Waals surface area contributed by atoms with Crippen LogP contribution in [-0.2, 0) is 4.74 Å². The van der Waals surface area contributed by atoms with E-state index in [1.807, 2.05) is 12.1 Å². The number of hydrogen-bond donors (Lipinski definition) is 1. The first-order valence-corrected chi connectivity index (χ1v) is 8.01. The molecular weight excluding hydrogens is 304 g/mol. The third kappa shape index (κ3) is 2.58. The van der Waals surface area contributed by atoms with Crippen molar-refractivity contribution in [2.45, 2.75) is 33.2 Å². The Balaban J connectivity index is 2.07. The number of allylic oxidation sites excluding steroid dienone is 1. The van der Waals surface area contributed by atoms with Crippen LogP contribution in [0.25, 0.3) is 16.8 Å². The number of anilines is 1. The van der Waals surface area contributed by atoms with Crippen LogP contribution in [0, 0.1) is 0 Å². The number of nitrogens with zero attached hydrogens (tertiary/aromatic N) is 3. The molecule has 2 heterocycles. The average Bonchev–Trinajstić information content (AvgIpc) is 3.02. The number of carbonyl (C=O) groups is 1. The van der Waals surface area contributed by atoms with Gasteiger partial charge in [-0.3, -0.25) is 0 Å². The number of aromatic nitrogens is 3. The SMILES string of the molecule is CCOC(=O)c1n[nH]nc1-c1ccc2c(c1)C(C)=CC(C)(C)N2C. The molecule has 1 aliphatic rings. The Morgan fingerprint density at radius 3 is 2.79 bits per heavy atom. The van der Waals surface area contributed by atoms with Crippen molar-refractivity contribution < 1.29 is 9.53 Å². The van der Waals surface area contributed by atoms with E-state index in [2.05, 4.69) is 60.3 Å². The van der Waals surface area contributed by atoms with Crippen LogP contribution in [-0.4, -0.2) is 40.6 Å². The normalized spacial score (nSPS) is 15.7. The van der Waals surface area contributed by atoms with Gasteiger partial charge in [0.25, 0.3) is 0 Å². The second-order valence-electron chi connectivity index (χ2n) is 6.51. The van der Waals surface area contributed by atoms with Gasteiger partial charge in [0.15, 0.2) is 5.69 Å². The van der Waals surface area contributed by atoms with Crippen molar-refractivity contribution in [1.82, 2.24) is 15.4 Å². The minimum atomic E-state index is -0.468. The first-order chi connectivity index (χ1) is 11.3. The second-order valence-corrected chi connectivity index (χ2v) is 6.51. The highest BCUT2D eigenvalue weighted by atomic mass is 16.5. The number of rotatable bonds is 3. The summed E-state index contributed by atoms with van der Waals surface area (Å²) in [5.41, 5.74) is 5.02. The highest BCUT2D eigenvalue weighted by molar-refractivity contribution is 5.95. The summed E-state index contributed by atoms with van der Waals surface area (Å²) in [7, 11) is 2.08. The van der Waals surface area contributed by atoms with Crippen LogP contribution in [0.1, 0.15) is 43.7 Å². The smallest absolute Gasteiger partial charge is 0.361 e. The summed E-state index contributed by atoms with van der Waals surface area (Å²) in [4.78, 5) is 14.3. The Hall–Kier alpha value is -2.63. The van der Waals surface area contributed by atoms with Crippen LogP contribution in [0.5, 0.6) is 0 Å². The summed E-state index contributed by atoms with van der Waals surface area (Å²) in [5, 5.41) is 10.6. The van der Waals surface area contributed by atoms with Crippen molar-refractivity contribution in [3.63, 3.8) is 0 Å². The molecule has 24 heavy (non-hydrogen) atoms. The quantitative estimate of drug-likeness (QED) is 0.877. The standard InChI is InChI=1S/C18H22N4O2/c1-6-24-17(23)16-15(19-21-20-16)12-7-8-14-13(9-12)11(2)10-18(3,4)22(14)5/h7-10H,6H2,1-5H3,(H,19,20,21). The van der Waals surface area contributed by atoms with E-state index in [-0.39, 0.29) is 11.2 Å². The van der Waals surface area contributed by atoms with Crippen LogP contribution in [0.15, 0.2) is 24.3 Å². The first-order valence-electron chi connectivity index (χ1n) is 8.01. The van der Waals surface area contributed by atoms with Crippen molar-refractivity contribution in [1.29, 1.82) is 0 Å². The van der Waals surface area contributed by atoms with Crippen LogP contribution < -0.4 is 4.90 Å². The van der Waals surface area contributed by atoms with Crippen LogP contribution in [0.2, 0.25) is 0 Å². The largest absolute Gasteiger partial charge is 0.461 e. The molecule has 2 aromatic rings. The topological polar surface area (TPSA) is 71.1 Å². The third-order valence-electron chi connectivity index (χ3n) is 4.51. The molecule has 0 amide bonds. The monoisotopic (exact) mass is 326 g/mol. The molecule has 0 fully saturated rings. The molecule has 0 bridgehead atoms. The molecule has 0 unspecified atom stereocenters. The summed E-state index contributed by atoms with van der Waals surface area (Å²) in [6, 6.07) is 6.07. The molecule has 0 saturated heterocycles. The number of esters is 1. The number of H-pyrrole nitrogens is 1. The molecule has 0 aliphatic carbocycles. The van der Waals surface area contributed by atoms with E-state index in [0.717, 1.165) is 16.8 Å². The van der Waals surface area contributed by atoms with Gasteiger partial charge in [-0.15, -0.1) is 5.10 Å². The molecule has 1 aromatic carbocycles. The van der Waals surface area contributed by atoms with Crippen molar-refractivity contribution in [2.75, 3.05) is 18.6 Å². The van der Waals surface area contributed by atoms with Gasteiger partial charge < -0.3 is 9.64 Å². The van der Waals surface area contributed by atoms with Gasteiger partial charge >= 0.3 is 5.97 Å². The van der Waals surface area contributed by atoms with Gasteiger partial charge in [0.2, 0.25) is 0 Å². The van der Waals surface area contributed by atoms with E-state index in [4.69, 9.17) is 4.74 Å². The predicted octanol–water partition coefficient (Wildman–Crippen LogP) is 3.28. The van der Waals surface area contributed by atoms with Gasteiger partial charge in [0, 0.05) is 23.9 Å². The summed E-state index contributed by atoms with van der Waals surface area (Å²) in [6.07, 6.45) is 2.24. The molecule has 1 N–H and O–H groups in total. The van der Waals surface area contributed by atoms with Gasteiger partial charge in [-0.05, 0) is 45.4 Å². The number of ether oxygens (including phenoxy) is 1. The number of aromatic amines is 1. The number of fused-ring (bicyclic) bond motifs is 1. The number of hydrogen-bond acceptors (Lipinski definition) is 5. The summed E-state index contributed by atoms with van der Waals surface area (Å²) >= 11 is 0. The number of benzene rings is 1. The summed E-state index contributed by atoms with van der Waals surface area (Å²) in [6.45, 7) is 8.54. The molecule has 1 aliphatic heterocycles. The maximum atomic E-state index is 12.0. The first kappa shape index (κ1) is 16.2. The number of carbonyl (C=O) groups excluding carboxylic acids is 1. The van der Waals surface area contributed by atoms with Crippen LogP contribution in [0.4, 0.5) is 5.69 Å². The predicted molar refractivity (Wildman–Crippen MR) is 93.9 cm³/mol. The molecular formula is C18H22N4O2. The molecule has 0 saturated carbocycles. The molecule has 3 rings (SSSR count). The van der Waals surface area contributed by atoms with E-state index < -0.39 is 5.97 Å². The van der Waals surface area contributed by atoms with E-state index in [1.54, 1.807) is 6.92 Å². The van der Waals surface area contributed by atoms with E-state index in [0.29, 0.717) is 12.3 Å². The Morgan fingerprint density at radius 1 is 1.33 bits per heavy atom. The van der Waals surface area contributed by atoms with E-state index in [1.165, 1.54) is 5.57 Å². The van der Waals surface area contributed by atoms with Crippen molar-refractivity contribution in [3.05, 3.63) is 35.5 Å². The number of nitrogens with one attached hydrogen (secondary N) is 1. The Kier molecular flexibility index (Phi) is 3.91. The zero-order valence-electron chi connectivity index (χ0n) is 14.7. The maximum Gasteiger partial charge on any atom is 0.361 e. The fourth-order valence-electron chi connectivity index (χ4n) is 3.08. The minimum absolute atomic E-state index is 0.0391. The highest BCUT2D eigenvalue weighted by Gasteiger charge is 2.29. The Labute approximate surface area is 141 Å². The van der Waals surface area contributed by atoms with Gasteiger partial charge in [-0.1, -0.05) is 12.1 Å². The molecule has 126 valence electrons. The van der Waals surface area contributed by atoms with Gasteiger partial charge in [0.1, 0.15) is 5.69 Å². The lowest BCUT2D eigenvalue weighted by Crippen LogP contribution is -2.41. The van der Waals surface area contributed by atoms with E-state index >= 15 is 0 Å². The Morgan fingerprint density at radius 2 is 2.08 bits per heavy atom. The number of likely N-dealkylation sites (N-methyl/N-ethyl adjacent to an activating group) is 1. The summed E-state index contributed by atoms with van der Waals surface area (Å²) in [5.74, 6) is -0.468. The van der Waals surface area contributed by atoms with Crippen LogP contribution >= 0.6 is 0 Å². The second kappa shape index (κ2) is 5.78. The molecule has 0 spiro atoms. The molecule has 0 radical (unpaired) electrons. The lowest BCUT2D eigenvalue weighted by atomic mass is 9.88.